The fourth-order valence-corrected chi connectivity index (χ4v) is 14.5. The van der Waals surface area contributed by atoms with E-state index in [9.17, 15) is 47.9 Å². The molecule has 5 heterocycles. The van der Waals surface area contributed by atoms with Crippen molar-refractivity contribution < 1.29 is 57.1 Å². The molecule has 5 aromatic rings. The molecule has 1 amide bonds. The predicted molar refractivity (Wildman–Crippen MR) is 524 cm³/mol. The van der Waals surface area contributed by atoms with Gasteiger partial charge in [0.2, 0.25) is 17.5 Å². The van der Waals surface area contributed by atoms with Gasteiger partial charge in [0, 0.05) is 134 Å². The summed E-state index contributed by atoms with van der Waals surface area (Å²) in [5.41, 5.74) is 5.06. The maximum absolute atomic E-state index is 12.4. The topological polar surface area (TPSA) is 267 Å². The molecular weight excluding hydrogens is 1610 g/mol. The fourth-order valence-electron chi connectivity index (χ4n) is 13.7. The molecule has 8 rings (SSSR count). The van der Waals surface area contributed by atoms with Crippen molar-refractivity contribution in [1.29, 1.82) is 0 Å². The van der Waals surface area contributed by atoms with Crippen molar-refractivity contribution in [1.82, 2.24) is 34.7 Å². The Morgan fingerprint density at radius 3 is 1.50 bits per heavy atom. The van der Waals surface area contributed by atoms with E-state index in [4.69, 9.17) is 14.0 Å². The van der Waals surface area contributed by atoms with Crippen LogP contribution in [0.2, 0.25) is 0 Å². The summed E-state index contributed by atoms with van der Waals surface area (Å²) in [6.45, 7) is 71.6. The summed E-state index contributed by atoms with van der Waals surface area (Å²) in [5, 5.41) is 13.2. The number of nitrogens with zero attached hydrogens (tertiary/aromatic N) is 6. The SMILES string of the molecule is CC(C)C(=O)CN1CCN(C(C)C)CC1.CC(C)C[C@H]1CCCCN(CC(=O)C(C)C)C1=O.CC(C)Cc1cccc(CC(=O)C(C)C)c1.CC(C)Cc1csc(CC(=O)C(C)C)n1.CC(C)NCC1CCC(C(=O)C(C)C)CC1.CC(C)Nc1cccn(CC(=O)C(C)C)c1=O.CC(C)Oc1cc(C(=O)C(C)C)on1.CC(C)Oc1ccc(CC(=O)C(C)C)cc1. The Morgan fingerprint density at radius 2 is 1.01 bits per heavy atom. The van der Waals surface area contributed by atoms with E-state index in [0.29, 0.717) is 97.0 Å². The Bertz CT molecular complexity index is 4030. The number of rotatable bonds is 38. The minimum atomic E-state index is -0.143. The lowest BCUT2D eigenvalue weighted by atomic mass is 9.78. The molecule has 0 spiro atoms. The van der Waals surface area contributed by atoms with Gasteiger partial charge in [-0.1, -0.05) is 209 Å². The normalized spacial score (nSPS) is 15.5. The first kappa shape index (κ1) is 117. The molecule has 0 radical (unpaired) electrons. The van der Waals surface area contributed by atoms with Crippen LogP contribution in [0.1, 0.15) is 311 Å². The van der Waals surface area contributed by atoms with Crippen LogP contribution in [0.5, 0.6) is 11.6 Å². The van der Waals surface area contributed by atoms with E-state index in [1.54, 1.807) is 34.6 Å². The van der Waals surface area contributed by atoms with E-state index in [1.165, 1.54) is 29.0 Å². The number of hydrogen-bond acceptors (Lipinski definition) is 20. The van der Waals surface area contributed by atoms with Crippen molar-refractivity contribution in [3.05, 3.63) is 122 Å². The van der Waals surface area contributed by atoms with Crippen LogP contribution in [0.25, 0.3) is 0 Å². The smallest absolute Gasteiger partial charge is 0.274 e. The van der Waals surface area contributed by atoms with Gasteiger partial charge in [-0.25, -0.2) is 4.98 Å². The molecule has 21 nitrogen and oxygen atoms in total. The first-order valence-electron chi connectivity index (χ1n) is 47.9. The highest BCUT2D eigenvalue weighted by Crippen LogP contribution is 2.31. The number of anilines is 1. The molecule has 2 saturated heterocycles. The molecular formula is C105H174N8O13S. The van der Waals surface area contributed by atoms with Crippen LogP contribution in [0.4, 0.5) is 5.69 Å². The van der Waals surface area contributed by atoms with Crippen LogP contribution in [0.3, 0.4) is 0 Å². The average Bonchev–Trinajstić information content (AvgIpc) is 1.84. The highest BCUT2D eigenvalue weighted by Gasteiger charge is 2.31. The van der Waals surface area contributed by atoms with Crippen molar-refractivity contribution in [2.45, 2.75) is 342 Å². The zero-order valence-corrected chi connectivity index (χ0v) is 85.7. The van der Waals surface area contributed by atoms with Gasteiger partial charge in [0.15, 0.2) is 11.6 Å². The zero-order valence-electron chi connectivity index (χ0n) is 84.9. The lowest BCUT2D eigenvalue weighted by Crippen LogP contribution is -2.50. The Hall–Kier alpha value is -7.66. The van der Waals surface area contributed by atoms with E-state index in [0.717, 1.165) is 124 Å². The predicted octanol–water partition coefficient (Wildman–Crippen LogP) is 21.3. The molecule has 2 N–H and O–H groups in total. The molecule has 3 aliphatic rings. The fraction of sp³-hybridized carbons (Fsp3) is 0.695. The van der Waals surface area contributed by atoms with Gasteiger partial charge in [-0.15, -0.1) is 11.3 Å². The Morgan fingerprint density at radius 1 is 0.488 bits per heavy atom. The second kappa shape index (κ2) is 62.6. The van der Waals surface area contributed by atoms with E-state index in [-0.39, 0.29) is 124 Å². The van der Waals surface area contributed by atoms with Gasteiger partial charge in [-0.2, -0.15) is 0 Å². The largest absolute Gasteiger partial charge is 0.491 e. The maximum atomic E-state index is 12.4. The van der Waals surface area contributed by atoms with Gasteiger partial charge in [0.05, 0.1) is 50.0 Å². The molecule has 0 unspecified atom stereocenters. The Kier molecular flexibility index (Phi) is 57.8. The summed E-state index contributed by atoms with van der Waals surface area (Å²) < 4.78 is 17.1. The third kappa shape index (κ3) is 51.5. The second-order valence-corrected chi connectivity index (χ2v) is 41.0. The second-order valence-electron chi connectivity index (χ2n) is 40.0. The summed E-state index contributed by atoms with van der Waals surface area (Å²) in [4.78, 5) is 128. The molecule has 1 atom stereocenters. The zero-order chi connectivity index (χ0) is 96.7. The van der Waals surface area contributed by atoms with E-state index in [1.807, 2.05) is 183 Å². The average molecular weight is 1790 g/mol. The standard InChI is InChI=1S/C15H27NO2.C15H22O.C14H27NO.C14H20O2.C13H20N2O2.C12H24N2O.C12H19NOS.C10H15NO3/c1-11(2)9-13-7-5-6-8-16(15(13)18)10-14(17)12(3)4;1-11(2)8-13-6-5-7-14(9-13)10-15(16)12(3)4;1-10(2)14(16)13-7-5-12(6-8-13)9-15-11(3)4;1-10(2)14(15)9-12-5-7-13(8-6-12)16-11(3)4;1-9(2)12(16)8-15-7-5-6-11(13(15)17)14-10(3)4;1-10(2)12(15)9-13-5-7-14(8-6-13)11(3)4;1-8(2)5-10-7-15-12(13-10)6-11(14)9(3)4;1-6(2)10(12)8-5-9(11-14-8)13-7(3)4/h11-13H,5-10H2,1-4H3;5-7,9,11-12H,8,10H2,1-4H3;10-13,15H,5-9H2,1-4H3;5-8,10-11H,9H2,1-4H3;5-7,9-10,14H,8H2,1-4H3;10-11H,5-9H2,1-4H3;7-9H,5-6H2,1-4H3;5-7H,1-4H3/t13-;;;;;;;/m1......./s1. The highest BCUT2D eigenvalue weighted by molar-refractivity contribution is 7.09. The molecule has 3 fully saturated rings. The molecule has 0 bridgehead atoms. The molecule has 2 aliphatic heterocycles. The lowest BCUT2D eigenvalue weighted by Gasteiger charge is -2.36. The lowest BCUT2D eigenvalue weighted by molar-refractivity contribution is -0.139. The van der Waals surface area contributed by atoms with Crippen molar-refractivity contribution >= 4 is 69.2 Å². The molecule has 127 heavy (non-hydrogen) atoms. The third-order valence-electron chi connectivity index (χ3n) is 21.6. The number of ether oxygens (including phenoxy) is 2. The first-order valence-corrected chi connectivity index (χ1v) is 48.8. The minimum absolute atomic E-state index is 0.0181. The maximum Gasteiger partial charge on any atom is 0.274 e. The Balaban J connectivity index is 0.000000726. The van der Waals surface area contributed by atoms with Crippen molar-refractivity contribution in [2.75, 3.05) is 57.7 Å². The van der Waals surface area contributed by atoms with Crippen LogP contribution < -0.4 is 25.7 Å². The Labute approximate surface area is 772 Å². The number of Topliss-reactive ketones (excluding diaryl/α,β-unsaturated/α-hetero) is 8. The number of carbonyl (C=O) groups is 9. The van der Waals surface area contributed by atoms with Crippen LogP contribution in [-0.4, -0.2) is 164 Å². The highest BCUT2D eigenvalue weighted by atomic mass is 32.1. The number of benzene rings is 2. The number of pyridine rings is 1. The van der Waals surface area contributed by atoms with Gasteiger partial charge in [-0.05, 0) is 190 Å². The van der Waals surface area contributed by atoms with E-state index < -0.39 is 0 Å². The molecule has 1 saturated carbocycles. The summed E-state index contributed by atoms with van der Waals surface area (Å²) in [5.74, 6) is 7.32. The quantitative estimate of drug-likeness (QED) is 0.0348. The van der Waals surface area contributed by atoms with Crippen molar-refractivity contribution in [2.24, 2.45) is 82.9 Å². The number of ketones is 8. The number of piperazine rings is 1. The number of carbonyl (C=O) groups excluding carboxylic acids is 9. The monoisotopic (exact) mass is 1790 g/mol. The number of hydrogen-bond donors (Lipinski definition) is 2. The first-order chi connectivity index (χ1) is 59.3. The minimum Gasteiger partial charge on any atom is -0.491 e. The molecule has 2 aromatic carbocycles. The third-order valence-corrected chi connectivity index (χ3v) is 22.5. The van der Waals surface area contributed by atoms with Crippen LogP contribution >= 0.6 is 11.3 Å². The van der Waals surface area contributed by atoms with Crippen molar-refractivity contribution in [3.8, 4) is 11.6 Å². The number of aromatic nitrogens is 3. The van der Waals surface area contributed by atoms with Gasteiger partial charge in [0.25, 0.3) is 11.4 Å². The number of thiazole rings is 1. The number of likely N-dealkylation sites (tertiary alicyclic amines) is 1. The summed E-state index contributed by atoms with van der Waals surface area (Å²) in [7, 11) is 0. The summed E-state index contributed by atoms with van der Waals surface area (Å²) in [6.07, 6.45) is 14.3. The van der Waals surface area contributed by atoms with Crippen molar-refractivity contribution in [3.63, 3.8) is 0 Å². The van der Waals surface area contributed by atoms with E-state index >= 15 is 0 Å². The van der Waals surface area contributed by atoms with E-state index in [2.05, 4.69) is 123 Å². The number of nitrogens with one attached hydrogen (secondary N) is 2. The molecule has 718 valence electrons. The van der Waals surface area contributed by atoms with Crippen LogP contribution in [0, 0.1) is 82.9 Å². The van der Waals surface area contributed by atoms with Gasteiger partial charge >= 0.3 is 0 Å². The molecule has 1 aliphatic carbocycles. The molecule has 22 heteroatoms. The van der Waals surface area contributed by atoms with Crippen LogP contribution in [-0.2, 0) is 77.0 Å². The van der Waals surface area contributed by atoms with Gasteiger partial charge in [-0.3, -0.25) is 57.7 Å². The summed E-state index contributed by atoms with van der Waals surface area (Å²) in [6, 6.07) is 22.6. The molecule has 3 aromatic heterocycles. The number of amides is 1. The summed E-state index contributed by atoms with van der Waals surface area (Å²) >= 11 is 1.61. The van der Waals surface area contributed by atoms with Crippen LogP contribution in [0.15, 0.2) is 87.6 Å². The van der Waals surface area contributed by atoms with Gasteiger partial charge in [0.1, 0.15) is 45.4 Å². The van der Waals surface area contributed by atoms with Gasteiger partial charge < -0.3 is 34.1 Å².